The van der Waals surface area contributed by atoms with Gasteiger partial charge in [0.15, 0.2) is 0 Å². The number of nitrogens with two attached hydrogens (primary N) is 1. The largest absolute Gasteiger partial charge is 0.397 e. The van der Waals surface area contributed by atoms with Crippen molar-refractivity contribution in [3.05, 3.63) is 46.2 Å². The summed E-state index contributed by atoms with van der Waals surface area (Å²) >= 11 is 1.70. The van der Waals surface area contributed by atoms with E-state index < -0.39 is 0 Å². The minimum atomic E-state index is 0.274. The first kappa shape index (κ1) is 12.5. The second-order valence-electron chi connectivity index (χ2n) is 4.29. The lowest BCUT2D eigenvalue weighted by Crippen LogP contribution is -2.18. The van der Waals surface area contributed by atoms with Crippen LogP contribution in [0.25, 0.3) is 0 Å². The Bertz CT molecular complexity index is 555. The van der Waals surface area contributed by atoms with Crippen molar-refractivity contribution < 1.29 is 0 Å². The number of nitrogens with zero attached hydrogens (tertiary/aromatic N) is 1. The van der Waals surface area contributed by atoms with Crippen LogP contribution in [0.4, 0.5) is 11.4 Å². The zero-order valence-electron chi connectivity index (χ0n) is 10.2. The van der Waals surface area contributed by atoms with Crippen LogP contribution >= 0.6 is 11.3 Å². The fourth-order valence-electron chi connectivity index (χ4n) is 1.83. The molecule has 2 rings (SSSR count). The Labute approximate surface area is 111 Å². The van der Waals surface area contributed by atoms with E-state index in [0.29, 0.717) is 11.3 Å². The molecule has 18 heavy (non-hydrogen) atoms. The first-order valence-corrected chi connectivity index (χ1v) is 6.70. The van der Waals surface area contributed by atoms with Crippen molar-refractivity contribution in [2.45, 2.75) is 19.4 Å². The lowest BCUT2D eigenvalue weighted by Gasteiger charge is -2.16. The summed E-state index contributed by atoms with van der Waals surface area (Å²) < 4.78 is 0. The van der Waals surface area contributed by atoms with Crippen molar-refractivity contribution in [3.8, 4) is 6.07 Å². The third kappa shape index (κ3) is 3.02. The van der Waals surface area contributed by atoms with Crippen LogP contribution in [0.2, 0.25) is 0 Å². The molecule has 0 bridgehead atoms. The molecule has 92 valence electrons. The van der Waals surface area contributed by atoms with Gasteiger partial charge in [0, 0.05) is 6.04 Å². The lowest BCUT2D eigenvalue weighted by molar-refractivity contribution is 0.793. The third-order valence-electron chi connectivity index (χ3n) is 2.71. The maximum absolute atomic E-state index is 8.88. The van der Waals surface area contributed by atoms with E-state index in [1.54, 1.807) is 29.5 Å². The summed E-state index contributed by atoms with van der Waals surface area (Å²) in [5.41, 5.74) is 9.33. The number of hydrogen-bond acceptors (Lipinski definition) is 4. The standard InChI is InChI=1S/C14H15N3S/c1-10(6-12-4-5-18-9-12)17-14-7-11(8-15)2-3-13(14)16/h2-5,7,9-10,17H,6,16H2,1H3. The summed E-state index contributed by atoms with van der Waals surface area (Å²) in [6, 6.07) is 9.80. The van der Waals surface area contributed by atoms with Gasteiger partial charge >= 0.3 is 0 Å². The SMILES string of the molecule is CC(Cc1ccsc1)Nc1cc(C#N)ccc1N. The van der Waals surface area contributed by atoms with E-state index in [2.05, 4.69) is 35.1 Å². The van der Waals surface area contributed by atoms with E-state index in [9.17, 15) is 0 Å². The Balaban J connectivity index is 2.07. The van der Waals surface area contributed by atoms with Crippen molar-refractivity contribution in [2.24, 2.45) is 0 Å². The molecule has 0 saturated carbocycles. The van der Waals surface area contributed by atoms with E-state index in [1.807, 2.05) is 0 Å². The first-order valence-electron chi connectivity index (χ1n) is 5.76. The van der Waals surface area contributed by atoms with Crippen molar-refractivity contribution >= 4 is 22.7 Å². The fourth-order valence-corrected chi connectivity index (χ4v) is 2.51. The molecule has 3 N–H and O–H groups in total. The van der Waals surface area contributed by atoms with Crippen LogP contribution in [-0.4, -0.2) is 6.04 Å². The predicted molar refractivity (Wildman–Crippen MR) is 76.7 cm³/mol. The maximum Gasteiger partial charge on any atom is 0.0992 e. The molecule has 1 aromatic heterocycles. The molecule has 2 aromatic rings. The normalized spacial score (nSPS) is 11.8. The highest BCUT2D eigenvalue weighted by Crippen LogP contribution is 2.21. The molecule has 1 atom stereocenters. The first-order chi connectivity index (χ1) is 8.69. The smallest absolute Gasteiger partial charge is 0.0992 e. The molecule has 0 spiro atoms. The molecule has 0 aliphatic carbocycles. The van der Waals surface area contributed by atoms with Crippen LogP contribution in [0.1, 0.15) is 18.1 Å². The van der Waals surface area contributed by atoms with Crippen LogP contribution in [0.5, 0.6) is 0 Å². The minimum Gasteiger partial charge on any atom is -0.397 e. The van der Waals surface area contributed by atoms with Gasteiger partial charge in [0.05, 0.1) is 23.0 Å². The Morgan fingerprint density at radius 3 is 2.94 bits per heavy atom. The number of nitrogens with one attached hydrogen (secondary N) is 1. The van der Waals surface area contributed by atoms with Crippen LogP contribution in [-0.2, 0) is 6.42 Å². The molecule has 0 fully saturated rings. The van der Waals surface area contributed by atoms with Gasteiger partial charge in [0.25, 0.3) is 0 Å². The Hall–Kier alpha value is -1.99. The number of nitriles is 1. The van der Waals surface area contributed by atoms with Crippen LogP contribution in [0.15, 0.2) is 35.0 Å². The van der Waals surface area contributed by atoms with Gasteiger partial charge in [-0.2, -0.15) is 16.6 Å². The number of thiophene rings is 1. The summed E-state index contributed by atoms with van der Waals surface area (Å²) in [4.78, 5) is 0. The van der Waals surface area contributed by atoms with Gasteiger partial charge in [0.1, 0.15) is 0 Å². The highest BCUT2D eigenvalue weighted by molar-refractivity contribution is 7.07. The second kappa shape index (κ2) is 5.56. The zero-order valence-corrected chi connectivity index (χ0v) is 11.0. The van der Waals surface area contributed by atoms with Crippen LogP contribution in [0, 0.1) is 11.3 Å². The summed E-state index contributed by atoms with van der Waals surface area (Å²) in [5, 5.41) is 16.5. The average molecular weight is 257 g/mol. The second-order valence-corrected chi connectivity index (χ2v) is 5.07. The van der Waals surface area contributed by atoms with Gasteiger partial charge in [-0.15, -0.1) is 0 Å². The molecule has 0 amide bonds. The maximum atomic E-state index is 8.88. The van der Waals surface area contributed by atoms with Gasteiger partial charge in [-0.1, -0.05) is 0 Å². The average Bonchev–Trinajstić information content (AvgIpc) is 2.84. The lowest BCUT2D eigenvalue weighted by atomic mass is 10.1. The summed E-state index contributed by atoms with van der Waals surface area (Å²) in [6.07, 6.45) is 0.944. The Morgan fingerprint density at radius 1 is 1.44 bits per heavy atom. The monoisotopic (exact) mass is 257 g/mol. The van der Waals surface area contributed by atoms with Crippen LogP contribution < -0.4 is 11.1 Å². The topological polar surface area (TPSA) is 61.8 Å². The molecule has 0 aliphatic rings. The Kier molecular flexibility index (Phi) is 3.85. The highest BCUT2D eigenvalue weighted by atomic mass is 32.1. The van der Waals surface area contributed by atoms with E-state index in [0.717, 1.165) is 12.1 Å². The molecule has 0 radical (unpaired) electrons. The van der Waals surface area contributed by atoms with Gasteiger partial charge < -0.3 is 11.1 Å². The zero-order chi connectivity index (χ0) is 13.0. The van der Waals surface area contributed by atoms with Crippen molar-refractivity contribution in [1.82, 2.24) is 0 Å². The van der Waals surface area contributed by atoms with E-state index in [4.69, 9.17) is 11.0 Å². The van der Waals surface area contributed by atoms with Gasteiger partial charge in [-0.25, -0.2) is 0 Å². The molecule has 0 aliphatic heterocycles. The van der Waals surface area contributed by atoms with Gasteiger partial charge in [-0.05, 0) is 53.9 Å². The fraction of sp³-hybridized carbons (Fsp3) is 0.214. The van der Waals surface area contributed by atoms with E-state index in [-0.39, 0.29) is 6.04 Å². The van der Waals surface area contributed by atoms with Crippen molar-refractivity contribution in [2.75, 3.05) is 11.1 Å². The predicted octanol–water partition coefficient (Wildman–Crippen LogP) is 3.25. The Morgan fingerprint density at radius 2 is 2.28 bits per heavy atom. The molecular formula is C14H15N3S. The molecular weight excluding hydrogens is 242 g/mol. The minimum absolute atomic E-state index is 0.274. The summed E-state index contributed by atoms with van der Waals surface area (Å²) in [7, 11) is 0. The van der Waals surface area contributed by atoms with Gasteiger partial charge in [-0.3, -0.25) is 0 Å². The number of anilines is 2. The van der Waals surface area contributed by atoms with Crippen molar-refractivity contribution in [3.63, 3.8) is 0 Å². The van der Waals surface area contributed by atoms with E-state index in [1.165, 1.54) is 5.56 Å². The molecule has 4 heteroatoms. The molecule has 1 aromatic carbocycles. The summed E-state index contributed by atoms with van der Waals surface area (Å²) in [5.74, 6) is 0. The quantitative estimate of drug-likeness (QED) is 0.826. The van der Waals surface area contributed by atoms with Crippen molar-refractivity contribution in [1.29, 1.82) is 5.26 Å². The van der Waals surface area contributed by atoms with Gasteiger partial charge in [0.2, 0.25) is 0 Å². The molecule has 1 unspecified atom stereocenters. The number of hydrogen-bond donors (Lipinski definition) is 2. The summed E-state index contributed by atoms with van der Waals surface area (Å²) in [6.45, 7) is 2.11. The van der Waals surface area contributed by atoms with Crippen LogP contribution in [0.3, 0.4) is 0 Å². The molecule has 1 heterocycles. The number of benzene rings is 1. The molecule has 3 nitrogen and oxygen atoms in total. The number of rotatable bonds is 4. The van der Waals surface area contributed by atoms with E-state index >= 15 is 0 Å². The highest BCUT2D eigenvalue weighted by Gasteiger charge is 2.07. The third-order valence-corrected chi connectivity index (χ3v) is 3.44. The molecule has 0 saturated heterocycles. The number of nitrogen functional groups attached to an aromatic ring is 1.